The first-order valence-electron chi connectivity index (χ1n) is 6.67. The quantitative estimate of drug-likeness (QED) is 0.444. The van der Waals surface area contributed by atoms with Crippen molar-refractivity contribution in [1.29, 1.82) is 0 Å². The smallest absolute Gasteiger partial charge is 0.0351 e. The maximum absolute atomic E-state index is 3.78. The molecule has 0 nitrogen and oxygen atoms in total. The van der Waals surface area contributed by atoms with Crippen molar-refractivity contribution in [2.75, 3.05) is 0 Å². The van der Waals surface area contributed by atoms with Crippen LogP contribution in [-0.4, -0.2) is 0 Å². The lowest BCUT2D eigenvalue weighted by atomic mass is 9.89. The predicted octanol–water partition coefficient (Wildman–Crippen LogP) is 5.44. The maximum atomic E-state index is 3.78. The van der Waals surface area contributed by atoms with Crippen molar-refractivity contribution in [2.45, 2.75) is 66.2 Å². The highest BCUT2D eigenvalue weighted by Gasteiger charge is 2.08. The summed E-state index contributed by atoms with van der Waals surface area (Å²) < 4.78 is 0. The normalized spacial score (nSPS) is 15.3. The van der Waals surface area contributed by atoms with Gasteiger partial charge in [0.25, 0.3) is 0 Å². The summed E-state index contributed by atoms with van der Waals surface area (Å²) in [4.78, 5) is 0. The molecule has 0 aliphatic carbocycles. The summed E-state index contributed by atoms with van der Waals surface area (Å²) in [6, 6.07) is 0. The van der Waals surface area contributed by atoms with Gasteiger partial charge in [0.05, 0.1) is 0 Å². The third-order valence-electron chi connectivity index (χ3n) is 3.15. The van der Waals surface area contributed by atoms with Crippen LogP contribution in [0.4, 0.5) is 0 Å². The molecule has 0 aromatic rings. The monoisotopic (exact) mass is 210 g/mol. The zero-order valence-corrected chi connectivity index (χ0v) is 11.3. The average Bonchev–Trinajstić information content (AvgIpc) is 2.14. The SMILES string of the molecule is C=CCCC(C)CC(C)CCCC(C)C. The molecule has 0 saturated carbocycles. The Morgan fingerprint density at radius 3 is 2.07 bits per heavy atom. The maximum Gasteiger partial charge on any atom is -0.0351 e. The lowest BCUT2D eigenvalue weighted by Gasteiger charge is -2.17. The van der Waals surface area contributed by atoms with Gasteiger partial charge in [0.2, 0.25) is 0 Å². The molecule has 2 atom stereocenters. The first kappa shape index (κ1) is 14.7. The van der Waals surface area contributed by atoms with Crippen LogP contribution in [0.3, 0.4) is 0 Å². The molecule has 0 fully saturated rings. The molecule has 0 bridgehead atoms. The third kappa shape index (κ3) is 10.0. The fraction of sp³-hybridized carbons (Fsp3) is 0.867. The second-order valence-electron chi connectivity index (χ2n) is 5.64. The van der Waals surface area contributed by atoms with Crippen molar-refractivity contribution in [2.24, 2.45) is 17.8 Å². The van der Waals surface area contributed by atoms with Crippen molar-refractivity contribution in [3.63, 3.8) is 0 Å². The Bertz CT molecular complexity index is 146. The Hall–Kier alpha value is -0.260. The van der Waals surface area contributed by atoms with Crippen LogP contribution in [0.2, 0.25) is 0 Å². The van der Waals surface area contributed by atoms with E-state index in [-0.39, 0.29) is 0 Å². The molecular formula is C15H30. The fourth-order valence-electron chi connectivity index (χ4n) is 2.20. The molecule has 0 rings (SSSR count). The van der Waals surface area contributed by atoms with Gasteiger partial charge in [-0.3, -0.25) is 0 Å². The molecule has 0 saturated heterocycles. The van der Waals surface area contributed by atoms with Gasteiger partial charge < -0.3 is 0 Å². The molecule has 0 aliphatic heterocycles. The van der Waals surface area contributed by atoms with Crippen LogP contribution in [0.5, 0.6) is 0 Å². The molecule has 2 unspecified atom stereocenters. The van der Waals surface area contributed by atoms with E-state index in [9.17, 15) is 0 Å². The standard InChI is InChI=1S/C15H30/c1-6-7-10-14(4)12-15(5)11-8-9-13(2)3/h6,13-15H,1,7-12H2,2-5H3. The van der Waals surface area contributed by atoms with Crippen LogP contribution in [-0.2, 0) is 0 Å². The van der Waals surface area contributed by atoms with Gasteiger partial charge in [0.15, 0.2) is 0 Å². The summed E-state index contributed by atoms with van der Waals surface area (Å²) in [5.41, 5.74) is 0. The van der Waals surface area contributed by atoms with Crippen molar-refractivity contribution < 1.29 is 0 Å². The number of allylic oxidation sites excluding steroid dienone is 1. The summed E-state index contributed by atoms with van der Waals surface area (Å²) in [6.45, 7) is 13.2. The molecule has 0 aromatic heterocycles. The molecule has 0 N–H and O–H groups in total. The Balaban J connectivity index is 3.45. The van der Waals surface area contributed by atoms with E-state index in [1.807, 2.05) is 6.08 Å². The summed E-state index contributed by atoms with van der Waals surface area (Å²) in [5.74, 6) is 2.65. The van der Waals surface area contributed by atoms with E-state index in [4.69, 9.17) is 0 Å². The van der Waals surface area contributed by atoms with Crippen LogP contribution in [0, 0.1) is 17.8 Å². The highest BCUT2D eigenvalue weighted by atomic mass is 14.1. The molecule has 0 heterocycles. The first-order chi connectivity index (χ1) is 7.06. The second kappa shape index (κ2) is 9.00. The third-order valence-corrected chi connectivity index (χ3v) is 3.15. The molecule has 90 valence electrons. The van der Waals surface area contributed by atoms with Crippen LogP contribution in [0.1, 0.15) is 66.2 Å². The lowest BCUT2D eigenvalue weighted by molar-refractivity contribution is 0.362. The molecule has 0 spiro atoms. The van der Waals surface area contributed by atoms with Gasteiger partial charge in [-0.15, -0.1) is 6.58 Å². The Labute approximate surface area is 97.2 Å². The minimum absolute atomic E-state index is 0.871. The van der Waals surface area contributed by atoms with Crippen molar-refractivity contribution >= 4 is 0 Å². The fourth-order valence-corrected chi connectivity index (χ4v) is 2.20. The largest absolute Gasteiger partial charge is 0.103 e. The predicted molar refractivity (Wildman–Crippen MR) is 71.1 cm³/mol. The van der Waals surface area contributed by atoms with Gasteiger partial charge in [-0.05, 0) is 37.0 Å². The summed E-state index contributed by atoms with van der Waals surface area (Å²) in [5, 5.41) is 0. The number of hydrogen-bond acceptors (Lipinski definition) is 0. The van der Waals surface area contributed by atoms with E-state index in [0.717, 1.165) is 17.8 Å². The second-order valence-corrected chi connectivity index (χ2v) is 5.64. The molecular weight excluding hydrogens is 180 g/mol. The van der Waals surface area contributed by atoms with Crippen LogP contribution in [0.25, 0.3) is 0 Å². The molecule has 0 radical (unpaired) electrons. The van der Waals surface area contributed by atoms with E-state index in [0.29, 0.717) is 0 Å². The average molecular weight is 210 g/mol. The summed E-state index contributed by atoms with van der Waals surface area (Å²) >= 11 is 0. The molecule has 0 aliphatic rings. The van der Waals surface area contributed by atoms with Crippen LogP contribution in [0.15, 0.2) is 12.7 Å². The van der Waals surface area contributed by atoms with Gasteiger partial charge in [-0.25, -0.2) is 0 Å². The highest BCUT2D eigenvalue weighted by molar-refractivity contribution is 4.69. The van der Waals surface area contributed by atoms with E-state index in [1.165, 1.54) is 38.5 Å². The van der Waals surface area contributed by atoms with Gasteiger partial charge in [0.1, 0.15) is 0 Å². The highest BCUT2D eigenvalue weighted by Crippen LogP contribution is 2.22. The Morgan fingerprint density at radius 2 is 1.53 bits per heavy atom. The minimum Gasteiger partial charge on any atom is -0.103 e. The van der Waals surface area contributed by atoms with Crippen molar-refractivity contribution in [3.05, 3.63) is 12.7 Å². The topological polar surface area (TPSA) is 0 Å². The van der Waals surface area contributed by atoms with E-state index >= 15 is 0 Å². The molecule has 0 amide bonds. The minimum atomic E-state index is 0.871. The van der Waals surface area contributed by atoms with Crippen molar-refractivity contribution in [1.82, 2.24) is 0 Å². The van der Waals surface area contributed by atoms with E-state index < -0.39 is 0 Å². The van der Waals surface area contributed by atoms with Gasteiger partial charge in [-0.1, -0.05) is 53.0 Å². The van der Waals surface area contributed by atoms with Crippen LogP contribution >= 0.6 is 0 Å². The lowest BCUT2D eigenvalue weighted by Crippen LogP contribution is -2.03. The number of hydrogen-bond donors (Lipinski definition) is 0. The van der Waals surface area contributed by atoms with Gasteiger partial charge >= 0.3 is 0 Å². The molecule has 0 heteroatoms. The van der Waals surface area contributed by atoms with E-state index in [1.54, 1.807) is 0 Å². The zero-order valence-electron chi connectivity index (χ0n) is 11.3. The summed E-state index contributed by atoms with van der Waals surface area (Å²) in [6.07, 6.45) is 10.2. The van der Waals surface area contributed by atoms with Gasteiger partial charge in [-0.2, -0.15) is 0 Å². The number of rotatable bonds is 9. The van der Waals surface area contributed by atoms with Crippen LogP contribution < -0.4 is 0 Å². The Kier molecular flexibility index (Phi) is 8.85. The first-order valence-corrected chi connectivity index (χ1v) is 6.67. The zero-order chi connectivity index (χ0) is 11.7. The van der Waals surface area contributed by atoms with Crippen molar-refractivity contribution in [3.8, 4) is 0 Å². The summed E-state index contributed by atoms with van der Waals surface area (Å²) in [7, 11) is 0. The van der Waals surface area contributed by atoms with Gasteiger partial charge in [0, 0.05) is 0 Å². The Morgan fingerprint density at radius 1 is 0.933 bits per heavy atom. The van der Waals surface area contributed by atoms with E-state index in [2.05, 4.69) is 34.3 Å². The molecule has 15 heavy (non-hydrogen) atoms. The molecule has 0 aromatic carbocycles.